The summed E-state index contributed by atoms with van der Waals surface area (Å²) in [4.78, 5) is 11.8. The van der Waals surface area contributed by atoms with Crippen LogP contribution in [0.15, 0.2) is 52.2 Å². The number of primary amides is 1. The molecule has 1 aromatic carbocycles. The van der Waals surface area contributed by atoms with Gasteiger partial charge in [-0.25, -0.2) is 0 Å². The Kier molecular flexibility index (Phi) is 4.30. The molecule has 0 aliphatic rings. The molecule has 2 rings (SSSR count). The molecule has 5 heteroatoms. The highest BCUT2D eigenvalue weighted by Crippen LogP contribution is 2.27. The smallest absolute Gasteiger partial charge is 0.227 e. The number of para-hydroxylation sites is 1. The molecule has 0 radical (unpaired) electrons. The third kappa shape index (κ3) is 3.56. The third-order valence-electron chi connectivity index (χ3n) is 2.32. The molecule has 0 aliphatic heterocycles. The summed E-state index contributed by atoms with van der Waals surface area (Å²) in [5.74, 6) is -0.0330. The Balaban J connectivity index is 2.00. The number of hydrogen-bond acceptors (Lipinski definition) is 4. The van der Waals surface area contributed by atoms with Gasteiger partial charge >= 0.3 is 0 Å². The standard InChI is InChI=1S/C13H14N2O2S/c14-13(16)9-18-12-4-2-1-3-11(12)15-7-10-5-6-17-8-10/h1-6,8,15H,7,9H2,(H2,14,16). The third-order valence-corrected chi connectivity index (χ3v) is 3.42. The van der Waals surface area contributed by atoms with Crippen LogP contribution in [0.3, 0.4) is 0 Å². The first-order chi connectivity index (χ1) is 8.75. The number of hydrogen-bond donors (Lipinski definition) is 2. The summed E-state index contributed by atoms with van der Waals surface area (Å²) < 4.78 is 5.01. The molecule has 4 nitrogen and oxygen atoms in total. The van der Waals surface area contributed by atoms with Gasteiger partial charge in [0.15, 0.2) is 0 Å². The zero-order valence-corrected chi connectivity index (χ0v) is 10.6. The fourth-order valence-corrected chi connectivity index (χ4v) is 2.25. The van der Waals surface area contributed by atoms with Crippen molar-refractivity contribution in [3.8, 4) is 0 Å². The van der Waals surface area contributed by atoms with Crippen LogP contribution in [0, 0.1) is 0 Å². The summed E-state index contributed by atoms with van der Waals surface area (Å²) in [6, 6.07) is 9.74. The second-order valence-corrected chi connectivity index (χ2v) is 4.75. The molecule has 3 N–H and O–H groups in total. The molecule has 2 aromatic rings. The minimum absolute atomic E-state index is 0.282. The molecule has 94 valence electrons. The molecule has 0 fully saturated rings. The number of benzene rings is 1. The average Bonchev–Trinajstić information content (AvgIpc) is 2.88. The lowest BCUT2D eigenvalue weighted by molar-refractivity contribution is -0.115. The van der Waals surface area contributed by atoms with Crippen LogP contribution in [-0.4, -0.2) is 11.7 Å². The van der Waals surface area contributed by atoms with Crippen molar-refractivity contribution < 1.29 is 9.21 Å². The van der Waals surface area contributed by atoms with Gasteiger partial charge in [-0.1, -0.05) is 12.1 Å². The maximum atomic E-state index is 10.8. The Labute approximate surface area is 110 Å². The number of carbonyl (C=O) groups excluding carboxylic acids is 1. The number of furan rings is 1. The van der Waals surface area contributed by atoms with Gasteiger partial charge in [0.25, 0.3) is 0 Å². The predicted molar refractivity (Wildman–Crippen MR) is 72.4 cm³/mol. The molecular weight excluding hydrogens is 248 g/mol. The number of anilines is 1. The van der Waals surface area contributed by atoms with Crippen LogP contribution >= 0.6 is 11.8 Å². The van der Waals surface area contributed by atoms with E-state index in [2.05, 4.69) is 5.32 Å². The first-order valence-electron chi connectivity index (χ1n) is 5.51. The van der Waals surface area contributed by atoms with E-state index in [4.69, 9.17) is 10.2 Å². The van der Waals surface area contributed by atoms with Crippen LogP contribution in [-0.2, 0) is 11.3 Å². The first-order valence-corrected chi connectivity index (χ1v) is 6.49. The Morgan fingerprint density at radius 1 is 1.33 bits per heavy atom. The number of amides is 1. The fourth-order valence-electron chi connectivity index (χ4n) is 1.48. The van der Waals surface area contributed by atoms with Gasteiger partial charge < -0.3 is 15.5 Å². The zero-order chi connectivity index (χ0) is 12.8. The maximum Gasteiger partial charge on any atom is 0.227 e. The monoisotopic (exact) mass is 262 g/mol. The quantitative estimate of drug-likeness (QED) is 0.785. The van der Waals surface area contributed by atoms with Gasteiger partial charge in [-0.05, 0) is 18.2 Å². The Bertz CT molecular complexity index is 511. The van der Waals surface area contributed by atoms with Crippen LogP contribution in [0.25, 0.3) is 0 Å². The second-order valence-electron chi connectivity index (χ2n) is 3.74. The van der Waals surface area contributed by atoms with E-state index in [0.29, 0.717) is 6.54 Å². The van der Waals surface area contributed by atoms with Crippen LogP contribution in [0.1, 0.15) is 5.56 Å². The molecular formula is C13H14N2O2S. The largest absolute Gasteiger partial charge is 0.472 e. The van der Waals surface area contributed by atoms with Crippen molar-refractivity contribution >= 4 is 23.4 Å². The normalized spacial score (nSPS) is 10.2. The molecule has 0 saturated heterocycles. The van der Waals surface area contributed by atoms with E-state index in [1.807, 2.05) is 30.3 Å². The van der Waals surface area contributed by atoms with Crippen LogP contribution in [0.5, 0.6) is 0 Å². The van der Waals surface area contributed by atoms with Gasteiger partial charge in [-0.15, -0.1) is 11.8 Å². The molecule has 0 aliphatic carbocycles. The van der Waals surface area contributed by atoms with Gasteiger partial charge in [0, 0.05) is 22.7 Å². The van der Waals surface area contributed by atoms with E-state index in [-0.39, 0.29) is 11.7 Å². The van der Waals surface area contributed by atoms with Gasteiger partial charge in [0.2, 0.25) is 5.91 Å². The number of rotatable bonds is 6. The number of nitrogens with one attached hydrogen (secondary N) is 1. The van der Waals surface area contributed by atoms with Gasteiger partial charge in [0.1, 0.15) is 0 Å². The summed E-state index contributed by atoms with van der Waals surface area (Å²) in [5.41, 5.74) is 7.21. The highest BCUT2D eigenvalue weighted by molar-refractivity contribution is 8.00. The highest BCUT2D eigenvalue weighted by Gasteiger charge is 2.04. The number of carbonyl (C=O) groups is 1. The lowest BCUT2D eigenvalue weighted by Crippen LogP contribution is -2.13. The van der Waals surface area contributed by atoms with E-state index >= 15 is 0 Å². The summed E-state index contributed by atoms with van der Waals surface area (Å²) >= 11 is 1.43. The minimum atomic E-state index is -0.315. The Hall–Kier alpha value is -1.88. The van der Waals surface area contributed by atoms with Crippen molar-refractivity contribution in [1.82, 2.24) is 0 Å². The maximum absolute atomic E-state index is 10.8. The fraction of sp³-hybridized carbons (Fsp3) is 0.154. The zero-order valence-electron chi connectivity index (χ0n) is 9.76. The molecule has 0 bridgehead atoms. The average molecular weight is 262 g/mol. The van der Waals surface area contributed by atoms with E-state index in [9.17, 15) is 4.79 Å². The summed E-state index contributed by atoms with van der Waals surface area (Å²) in [5, 5.41) is 3.31. The molecule has 0 saturated carbocycles. The van der Waals surface area contributed by atoms with Crippen molar-refractivity contribution in [2.24, 2.45) is 5.73 Å². The Morgan fingerprint density at radius 2 is 2.17 bits per heavy atom. The second kappa shape index (κ2) is 6.16. The Morgan fingerprint density at radius 3 is 2.89 bits per heavy atom. The minimum Gasteiger partial charge on any atom is -0.472 e. The van der Waals surface area contributed by atoms with E-state index in [0.717, 1.165) is 16.1 Å². The summed E-state index contributed by atoms with van der Waals surface area (Å²) in [7, 11) is 0. The van der Waals surface area contributed by atoms with E-state index in [1.54, 1.807) is 12.5 Å². The van der Waals surface area contributed by atoms with Crippen molar-refractivity contribution in [2.75, 3.05) is 11.1 Å². The SMILES string of the molecule is NC(=O)CSc1ccccc1NCc1ccoc1. The first kappa shape index (κ1) is 12.6. The number of thioether (sulfide) groups is 1. The predicted octanol–water partition coefficient (Wildman–Crippen LogP) is 2.47. The summed E-state index contributed by atoms with van der Waals surface area (Å²) in [6.07, 6.45) is 3.34. The molecule has 0 atom stereocenters. The van der Waals surface area contributed by atoms with Crippen LogP contribution < -0.4 is 11.1 Å². The molecule has 1 heterocycles. The molecule has 0 unspecified atom stereocenters. The lowest BCUT2D eigenvalue weighted by Gasteiger charge is -2.10. The molecule has 18 heavy (non-hydrogen) atoms. The van der Waals surface area contributed by atoms with Crippen molar-refractivity contribution in [3.05, 3.63) is 48.4 Å². The highest BCUT2D eigenvalue weighted by atomic mass is 32.2. The summed E-state index contributed by atoms with van der Waals surface area (Å²) in [6.45, 7) is 0.685. The molecule has 1 amide bonds. The van der Waals surface area contributed by atoms with Crippen LogP contribution in [0.4, 0.5) is 5.69 Å². The van der Waals surface area contributed by atoms with Crippen LogP contribution in [0.2, 0.25) is 0 Å². The molecule has 1 aromatic heterocycles. The molecule has 0 spiro atoms. The van der Waals surface area contributed by atoms with E-state index < -0.39 is 0 Å². The lowest BCUT2D eigenvalue weighted by atomic mass is 10.3. The van der Waals surface area contributed by atoms with E-state index in [1.165, 1.54) is 11.8 Å². The van der Waals surface area contributed by atoms with Gasteiger partial charge in [-0.2, -0.15) is 0 Å². The van der Waals surface area contributed by atoms with Crippen molar-refractivity contribution in [3.63, 3.8) is 0 Å². The van der Waals surface area contributed by atoms with Gasteiger partial charge in [-0.3, -0.25) is 4.79 Å². The van der Waals surface area contributed by atoms with Crippen molar-refractivity contribution in [1.29, 1.82) is 0 Å². The number of nitrogens with two attached hydrogens (primary N) is 1. The van der Waals surface area contributed by atoms with Crippen molar-refractivity contribution in [2.45, 2.75) is 11.4 Å². The topological polar surface area (TPSA) is 68.3 Å². The van der Waals surface area contributed by atoms with Gasteiger partial charge in [0.05, 0.1) is 18.3 Å².